The molecule has 0 saturated heterocycles. The molecule has 0 bridgehead atoms. The Labute approximate surface area is 178 Å². The molecule has 0 aliphatic heterocycles. The second-order valence-electron chi connectivity index (χ2n) is 9.02. The molecule has 158 valence electrons. The number of hydrogen-bond acceptors (Lipinski definition) is 3. The molecular weight excluding hydrogens is 384 g/mol. The van der Waals surface area contributed by atoms with E-state index in [1.807, 2.05) is 12.1 Å². The first-order valence-corrected chi connectivity index (χ1v) is 11.6. The molecule has 0 amide bonds. The maximum Gasteiger partial charge on any atom is 0.255 e. The van der Waals surface area contributed by atoms with Gasteiger partial charge < -0.3 is 15.0 Å². The van der Waals surface area contributed by atoms with Gasteiger partial charge in [0.1, 0.15) is 5.75 Å². The molecule has 0 unspecified atom stereocenters. The molecule has 4 rings (SSSR count). The third-order valence-electron chi connectivity index (χ3n) is 7.25. The number of nitrogens with one attached hydrogen (secondary N) is 2. The summed E-state index contributed by atoms with van der Waals surface area (Å²) in [7, 11) is 0. The summed E-state index contributed by atoms with van der Waals surface area (Å²) in [5, 5.41) is 5.88. The van der Waals surface area contributed by atoms with Gasteiger partial charge in [0.2, 0.25) is 0 Å². The molecule has 2 saturated carbocycles. The average Bonchev–Trinajstić information content (AvgIpc) is 3.55. The van der Waals surface area contributed by atoms with Crippen LogP contribution in [0.3, 0.4) is 0 Å². The van der Waals surface area contributed by atoms with E-state index in [0.717, 1.165) is 24.1 Å². The van der Waals surface area contributed by atoms with Crippen LogP contribution in [0.15, 0.2) is 29.2 Å². The van der Waals surface area contributed by atoms with E-state index in [2.05, 4.69) is 24.1 Å². The van der Waals surface area contributed by atoms with E-state index in [0.29, 0.717) is 27.6 Å². The van der Waals surface area contributed by atoms with Crippen LogP contribution in [0.5, 0.6) is 5.75 Å². The normalized spacial score (nSPS) is 25.8. The van der Waals surface area contributed by atoms with Crippen molar-refractivity contribution in [3.05, 3.63) is 39.8 Å². The van der Waals surface area contributed by atoms with Crippen LogP contribution >= 0.6 is 11.6 Å². The molecule has 2 fully saturated rings. The molecule has 1 heterocycles. The first-order valence-electron chi connectivity index (χ1n) is 11.3. The molecule has 1 atom stereocenters. The van der Waals surface area contributed by atoms with Crippen LogP contribution in [-0.2, 0) is 0 Å². The van der Waals surface area contributed by atoms with E-state index < -0.39 is 0 Å². The van der Waals surface area contributed by atoms with Gasteiger partial charge in [0.25, 0.3) is 5.56 Å². The minimum Gasteiger partial charge on any atom is -0.489 e. The third-order valence-corrected chi connectivity index (χ3v) is 7.54. The topological polar surface area (TPSA) is 54.1 Å². The quantitative estimate of drug-likeness (QED) is 0.582. The number of rotatable bonds is 8. The molecule has 0 spiro atoms. The van der Waals surface area contributed by atoms with Crippen LogP contribution in [-0.4, -0.2) is 23.7 Å². The Morgan fingerprint density at radius 3 is 2.66 bits per heavy atom. The Hall–Kier alpha value is -1.52. The summed E-state index contributed by atoms with van der Waals surface area (Å²) in [6, 6.07) is 6.12. The molecule has 4 nitrogen and oxygen atoms in total. The zero-order chi connectivity index (χ0) is 20.4. The standard InChI is InChI=1S/C24H33ClN2O2/c1-3-22(27-15-16-5-6-16)24(4-2)10-7-18(8-11-24)29-21-13-17-9-12-26-23(28)19(17)14-20(21)25/h9,12-14,16,18,22,27H,3-8,10-11,15H2,1-2H3,(H,26,28)/t18-,22-,24-/m1/s1. The molecule has 2 N–H and O–H groups in total. The van der Waals surface area contributed by atoms with E-state index in [1.165, 1.54) is 45.1 Å². The lowest BCUT2D eigenvalue weighted by Crippen LogP contribution is -2.48. The number of H-pyrrole nitrogens is 1. The zero-order valence-electron chi connectivity index (χ0n) is 17.6. The predicted molar refractivity (Wildman–Crippen MR) is 120 cm³/mol. The molecule has 2 aliphatic rings. The number of hydrogen-bond donors (Lipinski definition) is 2. The highest BCUT2D eigenvalue weighted by molar-refractivity contribution is 6.32. The number of pyridine rings is 1. The molecule has 2 aliphatic carbocycles. The second kappa shape index (κ2) is 8.69. The third kappa shape index (κ3) is 4.49. The van der Waals surface area contributed by atoms with Gasteiger partial charge in [0.15, 0.2) is 0 Å². The smallest absolute Gasteiger partial charge is 0.255 e. The lowest BCUT2D eigenvalue weighted by Gasteiger charge is -2.45. The van der Waals surface area contributed by atoms with Gasteiger partial charge in [-0.1, -0.05) is 25.4 Å². The zero-order valence-corrected chi connectivity index (χ0v) is 18.4. The lowest BCUT2D eigenvalue weighted by atomic mass is 9.66. The molecule has 2 aromatic rings. The first-order chi connectivity index (χ1) is 14.0. The molecule has 0 radical (unpaired) electrons. The molecule has 1 aromatic carbocycles. The van der Waals surface area contributed by atoms with Gasteiger partial charge in [-0.05, 0) is 92.8 Å². The van der Waals surface area contributed by atoms with Crippen molar-refractivity contribution in [2.24, 2.45) is 11.3 Å². The van der Waals surface area contributed by atoms with Crippen LogP contribution in [0, 0.1) is 11.3 Å². The Morgan fingerprint density at radius 2 is 2.00 bits per heavy atom. The summed E-state index contributed by atoms with van der Waals surface area (Å²) in [5.74, 6) is 1.61. The summed E-state index contributed by atoms with van der Waals surface area (Å²) >= 11 is 6.44. The van der Waals surface area contributed by atoms with E-state index in [-0.39, 0.29) is 11.7 Å². The molecule has 1 aromatic heterocycles. The minimum absolute atomic E-state index is 0.120. The van der Waals surface area contributed by atoms with Crippen molar-refractivity contribution in [3.63, 3.8) is 0 Å². The van der Waals surface area contributed by atoms with E-state index >= 15 is 0 Å². The van der Waals surface area contributed by atoms with Crippen LogP contribution in [0.2, 0.25) is 5.02 Å². The van der Waals surface area contributed by atoms with Crippen molar-refractivity contribution in [2.75, 3.05) is 6.54 Å². The number of ether oxygens (including phenoxy) is 1. The summed E-state index contributed by atoms with van der Waals surface area (Å²) < 4.78 is 6.33. The Balaban J connectivity index is 1.43. The Bertz CT molecular complexity index is 897. The minimum atomic E-state index is -0.120. The fourth-order valence-electron chi connectivity index (χ4n) is 5.12. The average molecular weight is 417 g/mol. The van der Waals surface area contributed by atoms with Gasteiger partial charge in [-0.25, -0.2) is 0 Å². The molecule has 29 heavy (non-hydrogen) atoms. The first kappa shape index (κ1) is 20.7. The largest absolute Gasteiger partial charge is 0.489 e. The van der Waals surface area contributed by atoms with Crippen molar-refractivity contribution in [3.8, 4) is 5.75 Å². The van der Waals surface area contributed by atoms with Crippen LogP contribution in [0.25, 0.3) is 10.8 Å². The molecular formula is C24H33ClN2O2. The summed E-state index contributed by atoms with van der Waals surface area (Å²) in [5.41, 5.74) is 0.259. The second-order valence-corrected chi connectivity index (χ2v) is 9.43. The van der Waals surface area contributed by atoms with Crippen molar-refractivity contribution >= 4 is 22.4 Å². The number of halogens is 1. The lowest BCUT2D eigenvalue weighted by molar-refractivity contribution is 0.0459. The Kier molecular flexibility index (Phi) is 6.21. The van der Waals surface area contributed by atoms with Crippen LogP contribution in [0.4, 0.5) is 0 Å². The Morgan fingerprint density at radius 1 is 1.24 bits per heavy atom. The van der Waals surface area contributed by atoms with Gasteiger partial charge in [-0.3, -0.25) is 4.79 Å². The van der Waals surface area contributed by atoms with E-state index in [9.17, 15) is 4.79 Å². The van der Waals surface area contributed by atoms with Gasteiger partial charge in [-0.15, -0.1) is 0 Å². The van der Waals surface area contributed by atoms with Crippen molar-refractivity contribution in [1.29, 1.82) is 0 Å². The maximum absolute atomic E-state index is 12.0. The number of fused-ring (bicyclic) bond motifs is 1. The number of benzene rings is 1. The van der Waals surface area contributed by atoms with Crippen molar-refractivity contribution in [1.82, 2.24) is 10.3 Å². The maximum atomic E-state index is 12.0. The summed E-state index contributed by atoms with van der Waals surface area (Å²) in [6.07, 6.45) is 11.5. The summed E-state index contributed by atoms with van der Waals surface area (Å²) in [4.78, 5) is 14.7. The SMILES string of the molecule is CC[C@@H](NCC1CC1)[C@]1(CC)CC[C@@H](Oc2cc3cc[nH]c(=O)c3cc2Cl)CC1. The van der Waals surface area contributed by atoms with Crippen LogP contribution < -0.4 is 15.6 Å². The van der Waals surface area contributed by atoms with Gasteiger partial charge in [0.05, 0.1) is 11.1 Å². The monoisotopic (exact) mass is 416 g/mol. The highest BCUT2D eigenvalue weighted by Gasteiger charge is 2.40. The number of aromatic nitrogens is 1. The van der Waals surface area contributed by atoms with Gasteiger partial charge in [-0.2, -0.15) is 0 Å². The van der Waals surface area contributed by atoms with Crippen molar-refractivity contribution < 1.29 is 4.74 Å². The van der Waals surface area contributed by atoms with Crippen molar-refractivity contribution in [2.45, 2.75) is 77.4 Å². The van der Waals surface area contributed by atoms with Gasteiger partial charge >= 0.3 is 0 Å². The fourth-order valence-corrected chi connectivity index (χ4v) is 5.32. The van der Waals surface area contributed by atoms with Crippen LogP contribution in [0.1, 0.15) is 65.2 Å². The van der Waals surface area contributed by atoms with E-state index in [1.54, 1.807) is 12.3 Å². The highest BCUT2D eigenvalue weighted by atomic mass is 35.5. The summed E-state index contributed by atoms with van der Waals surface area (Å²) in [6.45, 7) is 5.85. The highest BCUT2D eigenvalue weighted by Crippen LogP contribution is 2.45. The fraction of sp³-hybridized carbons (Fsp3) is 0.625. The van der Waals surface area contributed by atoms with E-state index in [4.69, 9.17) is 16.3 Å². The predicted octanol–water partition coefficient (Wildman–Crippen LogP) is 5.68. The number of aromatic amines is 1. The van der Waals surface area contributed by atoms with Gasteiger partial charge in [0, 0.05) is 17.6 Å². The molecule has 5 heteroatoms.